The highest BCUT2D eigenvalue weighted by Gasteiger charge is 2.31. The molecule has 0 aromatic rings. The third kappa shape index (κ3) is 9.39. The fourth-order valence-electron chi connectivity index (χ4n) is 2.77. The highest BCUT2D eigenvalue weighted by atomic mass is 127. The zero-order valence-electron chi connectivity index (χ0n) is 15.5. The van der Waals surface area contributed by atoms with Gasteiger partial charge in [-0.3, -0.25) is 4.99 Å². The second-order valence-corrected chi connectivity index (χ2v) is 8.07. The number of halogens is 1. The van der Waals surface area contributed by atoms with Gasteiger partial charge in [0.15, 0.2) is 5.96 Å². The summed E-state index contributed by atoms with van der Waals surface area (Å²) in [6, 6.07) is 0.463. The number of aliphatic imine (C=N–C) groups is 1. The number of hydrogen-bond donors (Lipinski definition) is 2. The van der Waals surface area contributed by atoms with Crippen LogP contribution in [0, 0.1) is 5.92 Å². The summed E-state index contributed by atoms with van der Waals surface area (Å²) in [5, 5.41) is 7.04. The Labute approximate surface area is 164 Å². The van der Waals surface area contributed by atoms with Gasteiger partial charge in [0.2, 0.25) is 0 Å². The molecule has 0 saturated carbocycles. The first-order chi connectivity index (χ1) is 10.5. The summed E-state index contributed by atoms with van der Waals surface area (Å²) in [5.74, 6) is 1.72. The first-order valence-electron chi connectivity index (χ1n) is 8.61. The predicted octanol–water partition coefficient (Wildman–Crippen LogP) is 3.90. The Hall–Kier alpha value is 0.310. The number of thioether (sulfide) groups is 1. The lowest BCUT2D eigenvalue weighted by Gasteiger charge is -2.36. The van der Waals surface area contributed by atoms with Crippen molar-refractivity contribution in [1.82, 2.24) is 10.6 Å². The van der Waals surface area contributed by atoms with E-state index in [2.05, 4.69) is 42.7 Å². The predicted molar refractivity (Wildman–Crippen MR) is 114 cm³/mol. The summed E-state index contributed by atoms with van der Waals surface area (Å²) in [5.41, 5.74) is 0. The SMILES string of the molecule is CN=C(NCC1(SC)CCOCC1)NC(C)CCCC(C)C.I. The van der Waals surface area contributed by atoms with Gasteiger partial charge in [-0.15, -0.1) is 24.0 Å². The molecular weight excluding hydrogens is 421 g/mol. The van der Waals surface area contributed by atoms with Gasteiger partial charge in [0.1, 0.15) is 0 Å². The third-order valence-electron chi connectivity index (χ3n) is 4.44. The largest absolute Gasteiger partial charge is 0.381 e. The molecule has 0 bridgehead atoms. The Bertz CT molecular complexity index is 334. The van der Waals surface area contributed by atoms with Gasteiger partial charge in [-0.25, -0.2) is 0 Å². The topological polar surface area (TPSA) is 45.7 Å². The van der Waals surface area contributed by atoms with E-state index in [-0.39, 0.29) is 28.7 Å². The maximum atomic E-state index is 5.50. The molecule has 0 spiro atoms. The molecule has 23 heavy (non-hydrogen) atoms. The first-order valence-corrected chi connectivity index (χ1v) is 9.84. The second-order valence-electron chi connectivity index (χ2n) is 6.80. The van der Waals surface area contributed by atoms with E-state index in [1.807, 2.05) is 18.8 Å². The number of nitrogens with one attached hydrogen (secondary N) is 2. The minimum Gasteiger partial charge on any atom is -0.381 e. The quantitative estimate of drug-likeness (QED) is 0.330. The molecule has 1 unspecified atom stereocenters. The highest BCUT2D eigenvalue weighted by molar-refractivity contribution is 14.0. The summed E-state index contributed by atoms with van der Waals surface area (Å²) < 4.78 is 5.79. The summed E-state index contributed by atoms with van der Waals surface area (Å²) in [4.78, 5) is 4.37. The Kier molecular flexibility index (Phi) is 12.8. The average molecular weight is 457 g/mol. The Morgan fingerprint density at radius 3 is 2.39 bits per heavy atom. The van der Waals surface area contributed by atoms with Gasteiger partial charge >= 0.3 is 0 Å². The number of ether oxygens (including phenoxy) is 1. The van der Waals surface area contributed by atoms with E-state index in [1.54, 1.807) is 0 Å². The molecule has 1 atom stereocenters. The lowest BCUT2D eigenvalue weighted by atomic mass is 9.99. The van der Waals surface area contributed by atoms with E-state index in [0.717, 1.165) is 44.5 Å². The van der Waals surface area contributed by atoms with Crippen LogP contribution in [0.3, 0.4) is 0 Å². The van der Waals surface area contributed by atoms with Crippen molar-refractivity contribution in [1.29, 1.82) is 0 Å². The molecule has 6 heteroatoms. The van der Waals surface area contributed by atoms with E-state index in [1.165, 1.54) is 19.3 Å². The molecule has 1 rings (SSSR count). The van der Waals surface area contributed by atoms with Crippen LogP contribution in [-0.2, 0) is 4.74 Å². The zero-order chi connectivity index (χ0) is 16.4. The van der Waals surface area contributed by atoms with Crippen LogP contribution in [0.15, 0.2) is 4.99 Å². The van der Waals surface area contributed by atoms with Crippen molar-refractivity contribution >= 4 is 41.7 Å². The molecule has 0 aromatic carbocycles. The molecule has 1 saturated heterocycles. The van der Waals surface area contributed by atoms with Gasteiger partial charge in [0.25, 0.3) is 0 Å². The molecule has 0 radical (unpaired) electrons. The van der Waals surface area contributed by atoms with Crippen LogP contribution in [0.25, 0.3) is 0 Å². The highest BCUT2D eigenvalue weighted by Crippen LogP contribution is 2.32. The molecule has 1 fully saturated rings. The van der Waals surface area contributed by atoms with Crippen LogP contribution in [-0.4, -0.2) is 49.8 Å². The maximum absolute atomic E-state index is 5.50. The van der Waals surface area contributed by atoms with Crippen molar-refractivity contribution in [3.63, 3.8) is 0 Å². The van der Waals surface area contributed by atoms with Crippen molar-refractivity contribution in [3.05, 3.63) is 0 Å². The van der Waals surface area contributed by atoms with Crippen LogP contribution in [0.5, 0.6) is 0 Å². The van der Waals surface area contributed by atoms with E-state index in [4.69, 9.17) is 4.74 Å². The average Bonchev–Trinajstić information content (AvgIpc) is 2.52. The third-order valence-corrected chi connectivity index (χ3v) is 5.86. The molecule has 0 amide bonds. The van der Waals surface area contributed by atoms with Crippen molar-refractivity contribution in [3.8, 4) is 0 Å². The van der Waals surface area contributed by atoms with Crippen LogP contribution in [0.4, 0.5) is 0 Å². The van der Waals surface area contributed by atoms with Crippen LogP contribution in [0.2, 0.25) is 0 Å². The molecule has 1 aliphatic heterocycles. The van der Waals surface area contributed by atoms with Crippen LogP contribution < -0.4 is 10.6 Å². The van der Waals surface area contributed by atoms with Gasteiger partial charge in [0, 0.05) is 37.6 Å². The normalized spacial score (nSPS) is 19.1. The van der Waals surface area contributed by atoms with E-state index in [0.29, 0.717) is 6.04 Å². The summed E-state index contributed by atoms with van der Waals surface area (Å²) in [6.45, 7) is 9.52. The first kappa shape index (κ1) is 23.3. The Morgan fingerprint density at radius 2 is 1.87 bits per heavy atom. The number of rotatable bonds is 8. The number of hydrogen-bond acceptors (Lipinski definition) is 3. The van der Waals surface area contributed by atoms with Crippen molar-refractivity contribution < 1.29 is 4.74 Å². The van der Waals surface area contributed by atoms with E-state index >= 15 is 0 Å². The number of nitrogens with zero attached hydrogens (tertiary/aromatic N) is 1. The fraction of sp³-hybridized carbons (Fsp3) is 0.941. The van der Waals surface area contributed by atoms with E-state index < -0.39 is 0 Å². The molecule has 1 aliphatic rings. The molecule has 0 aliphatic carbocycles. The summed E-state index contributed by atoms with van der Waals surface area (Å²) in [7, 11) is 1.85. The lowest BCUT2D eigenvalue weighted by molar-refractivity contribution is 0.0782. The van der Waals surface area contributed by atoms with Crippen molar-refractivity contribution in [2.75, 3.05) is 33.1 Å². The summed E-state index contributed by atoms with van der Waals surface area (Å²) in [6.07, 6.45) is 8.20. The Balaban J connectivity index is 0.00000484. The smallest absolute Gasteiger partial charge is 0.191 e. The molecule has 2 N–H and O–H groups in total. The molecule has 1 heterocycles. The van der Waals surface area contributed by atoms with Gasteiger partial charge in [-0.2, -0.15) is 11.8 Å². The second kappa shape index (κ2) is 12.6. The molecule has 138 valence electrons. The maximum Gasteiger partial charge on any atom is 0.191 e. The molecule has 0 aromatic heterocycles. The minimum absolute atomic E-state index is 0. The van der Waals surface area contributed by atoms with Gasteiger partial charge < -0.3 is 15.4 Å². The molecular formula is C17H36IN3OS. The monoisotopic (exact) mass is 457 g/mol. The van der Waals surface area contributed by atoms with Gasteiger partial charge in [0.05, 0.1) is 0 Å². The van der Waals surface area contributed by atoms with Gasteiger partial charge in [-0.1, -0.05) is 26.7 Å². The van der Waals surface area contributed by atoms with Crippen LogP contribution >= 0.6 is 35.7 Å². The fourth-order valence-corrected chi connectivity index (χ4v) is 3.57. The van der Waals surface area contributed by atoms with Crippen molar-refractivity contribution in [2.24, 2.45) is 10.9 Å². The number of guanidine groups is 1. The lowest BCUT2D eigenvalue weighted by Crippen LogP contribution is -2.49. The van der Waals surface area contributed by atoms with Gasteiger partial charge in [-0.05, 0) is 38.4 Å². The van der Waals surface area contributed by atoms with Crippen LogP contribution in [0.1, 0.15) is 52.9 Å². The standard InChI is InChI=1S/C17H35N3OS.HI/c1-14(2)7-6-8-15(3)20-16(18-4)19-13-17(22-5)9-11-21-12-10-17;/h14-15H,6-13H2,1-5H3,(H2,18,19,20);1H. The Morgan fingerprint density at radius 1 is 1.22 bits per heavy atom. The van der Waals surface area contributed by atoms with E-state index in [9.17, 15) is 0 Å². The minimum atomic E-state index is 0. The van der Waals surface area contributed by atoms with Crippen molar-refractivity contribution in [2.45, 2.75) is 63.7 Å². The zero-order valence-corrected chi connectivity index (χ0v) is 18.6. The summed E-state index contributed by atoms with van der Waals surface area (Å²) >= 11 is 1.96. The molecule has 4 nitrogen and oxygen atoms in total.